The van der Waals surface area contributed by atoms with E-state index in [1.807, 2.05) is 0 Å². The number of nitrogens with zero attached hydrogens (tertiary/aromatic N) is 1. The molecule has 0 spiro atoms. The first-order valence-corrected chi connectivity index (χ1v) is 7.92. The molecule has 0 aliphatic carbocycles. The van der Waals surface area contributed by atoms with Gasteiger partial charge in [0.15, 0.2) is 0 Å². The van der Waals surface area contributed by atoms with Crippen molar-refractivity contribution < 1.29 is 4.74 Å². The summed E-state index contributed by atoms with van der Waals surface area (Å²) < 4.78 is 5.56. The Hall–Kier alpha value is -0.770. The molecule has 0 bridgehead atoms. The monoisotopic (exact) mass is 296 g/mol. The molecule has 20 heavy (non-hydrogen) atoms. The van der Waals surface area contributed by atoms with Crippen LogP contribution in [0.4, 0.5) is 5.69 Å². The van der Waals surface area contributed by atoms with Gasteiger partial charge >= 0.3 is 0 Å². The molecular weight excluding hydrogens is 272 g/mol. The van der Waals surface area contributed by atoms with Crippen LogP contribution < -0.4 is 10.2 Å². The topological polar surface area (TPSA) is 24.5 Å². The standard InChI is InChI=1S/C16H25ClN2O/c1-4-13-11-20-9-8-19(13)14-6-7-15(16(17)10-14)12(3)18-5-2/h6-7,10,12-13,18H,4-5,8-9,11H2,1-3H3. The molecule has 4 heteroatoms. The van der Waals surface area contributed by atoms with Gasteiger partial charge in [-0.1, -0.05) is 31.5 Å². The zero-order valence-electron chi connectivity index (χ0n) is 12.7. The molecule has 1 aromatic rings. The lowest BCUT2D eigenvalue weighted by Crippen LogP contribution is -2.45. The van der Waals surface area contributed by atoms with Crippen LogP contribution in [0.3, 0.4) is 0 Å². The van der Waals surface area contributed by atoms with Crippen molar-refractivity contribution >= 4 is 17.3 Å². The number of benzene rings is 1. The third kappa shape index (κ3) is 3.46. The molecule has 0 radical (unpaired) electrons. The van der Waals surface area contributed by atoms with E-state index in [1.165, 1.54) is 11.3 Å². The van der Waals surface area contributed by atoms with Crippen molar-refractivity contribution in [1.82, 2.24) is 5.32 Å². The van der Waals surface area contributed by atoms with E-state index in [0.29, 0.717) is 6.04 Å². The molecule has 0 saturated carbocycles. The van der Waals surface area contributed by atoms with Crippen molar-refractivity contribution in [2.24, 2.45) is 0 Å². The summed E-state index contributed by atoms with van der Waals surface area (Å²) in [5.74, 6) is 0. The Labute approximate surface area is 127 Å². The lowest BCUT2D eigenvalue weighted by molar-refractivity contribution is 0.0930. The van der Waals surface area contributed by atoms with Crippen LogP contribution in [-0.2, 0) is 4.74 Å². The van der Waals surface area contributed by atoms with Crippen molar-refractivity contribution in [2.75, 3.05) is 31.2 Å². The summed E-state index contributed by atoms with van der Waals surface area (Å²) in [5, 5.41) is 4.25. The van der Waals surface area contributed by atoms with Crippen molar-refractivity contribution in [2.45, 2.75) is 39.3 Å². The SMILES string of the molecule is CCNC(C)c1ccc(N2CCOCC2CC)cc1Cl. The Morgan fingerprint density at radius 1 is 1.45 bits per heavy atom. The molecule has 0 amide bonds. The van der Waals surface area contributed by atoms with E-state index in [9.17, 15) is 0 Å². The van der Waals surface area contributed by atoms with E-state index in [-0.39, 0.29) is 6.04 Å². The molecular formula is C16H25ClN2O. The molecule has 2 rings (SSSR count). The molecule has 112 valence electrons. The van der Waals surface area contributed by atoms with Crippen molar-refractivity contribution in [3.05, 3.63) is 28.8 Å². The van der Waals surface area contributed by atoms with Crippen molar-refractivity contribution in [3.63, 3.8) is 0 Å². The largest absolute Gasteiger partial charge is 0.377 e. The average molecular weight is 297 g/mol. The molecule has 1 fully saturated rings. The van der Waals surface area contributed by atoms with Gasteiger partial charge in [-0.15, -0.1) is 0 Å². The fraction of sp³-hybridized carbons (Fsp3) is 0.625. The third-order valence-electron chi connectivity index (χ3n) is 3.99. The van der Waals surface area contributed by atoms with Gasteiger partial charge in [0.1, 0.15) is 0 Å². The predicted molar refractivity (Wildman–Crippen MR) is 85.8 cm³/mol. The van der Waals surface area contributed by atoms with Crippen LogP contribution in [0.5, 0.6) is 0 Å². The Morgan fingerprint density at radius 3 is 2.90 bits per heavy atom. The van der Waals surface area contributed by atoms with Gasteiger partial charge in [0.25, 0.3) is 0 Å². The molecule has 0 aromatic heterocycles. The number of anilines is 1. The van der Waals surface area contributed by atoms with Gasteiger partial charge in [-0.2, -0.15) is 0 Å². The summed E-state index contributed by atoms with van der Waals surface area (Å²) in [7, 11) is 0. The smallest absolute Gasteiger partial charge is 0.0670 e. The molecule has 1 heterocycles. The Morgan fingerprint density at radius 2 is 2.25 bits per heavy atom. The van der Waals surface area contributed by atoms with Crippen LogP contribution in [-0.4, -0.2) is 32.3 Å². The highest BCUT2D eigenvalue weighted by Gasteiger charge is 2.22. The minimum atomic E-state index is 0.285. The summed E-state index contributed by atoms with van der Waals surface area (Å²) in [4.78, 5) is 2.41. The maximum atomic E-state index is 6.47. The quantitative estimate of drug-likeness (QED) is 0.898. The second-order valence-corrected chi connectivity index (χ2v) is 5.72. The zero-order chi connectivity index (χ0) is 14.5. The molecule has 2 unspecified atom stereocenters. The fourth-order valence-corrected chi connectivity index (χ4v) is 3.13. The first-order chi connectivity index (χ1) is 9.67. The molecule has 1 saturated heterocycles. The van der Waals surface area contributed by atoms with Gasteiger partial charge in [0.05, 0.1) is 19.3 Å². The van der Waals surface area contributed by atoms with Gasteiger partial charge in [-0.25, -0.2) is 0 Å². The van der Waals surface area contributed by atoms with E-state index in [0.717, 1.165) is 37.7 Å². The van der Waals surface area contributed by atoms with Crippen LogP contribution in [0.1, 0.15) is 38.8 Å². The van der Waals surface area contributed by atoms with Gasteiger partial charge < -0.3 is 15.0 Å². The summed E-state index contributed by atoms with van der Waals surface area (Å²) in [6.07, 6.45) is 1.09. The number of halogens is 1. The maximum Gasteiger partial charge on any atom is 0.0670 e. The van der Waals surface area contributed by atoms with Gasteiger partial charge in [0, 0.05) is 23.3 Å². The lowest BCUT2D eigenvalue weighted by Gasteiger charge is -2.37. The zero-order valence-corrected chi connectivity index (χ0v) is 13.4. The van der Waals surface area contributed by atoms with Crippen LogP contribution in [0.2, 0.25) is 5.02 Å². The number of nitrogens with one attached hydrogen (secondary N) is 1. The molecule has 3 nitrogen and oxygen atoms in total. The number of hydrogen-bond acceptors (Lipinski definition) is 3. The van der Waals surface area contributed by atoms with Crippen molar-refractivity contribution in [1.29, 1.82) is 0 Å². The van der Waals surface area contributed by atoms with Gasteiger partial charge in [-0.3, -0.25) is 0 Å². The van der Waals surface area contributed by atoms with E-state index in [2.05, 4.69) is 49.2 Å². The minimum absolute atomic E-state index is 0.285. The van der Waals surface area contributed by atoms with Crippen LogP contribution in [0.25, 0.3) is 0 Å². The predicted octanol–water partition coefficient (Wildman–Crippen LogP) is 3.63. The molecule has 1 aliphatic heterocycles. The minimum Gasteiger partial charge on any atom is -0.377 e. The second-order valence-electron chi connectivity index (χ2n) is 5.32. The first-order valence-electron chi connectivity index (χ1n) is 7.54. The molecule has 2 atom stereocenters. The van der Waals surface area contributed by atoms with Crippen LogP contribution in [0, 0.1) is 0 Å². The number of hydrogen-bond donors (Lipinski definition) is 1. The van der Waals surface area contributed by atoms with E-state index < -0.39 is 0 Å². The summed E-state index contributed by atoms with van der Waals surface area (Å²) in [5.41, 5.74) is 2.37. The maximum absolute atomic E-state index is 6.47. The number of rotatable bonds is 5. The highest BCUT2D eigenvalue weighted by molar-refractivity contribution is 6.31. The average Bonchev–Trinajstić information content (AvgIpc) is 2.47. The highest BCUT2D eigenvalue weighted by atomic mass is 35.5. The third-order valence-corrected chi connectivity index (χ3v) is 4.32. The first kappa shape index (κ1) is 15.6. The summed E-state index contributed by atoms with van der Waals surface area (Å²) >= 11 is 6.47. The second kappa shape index (κ2) is 7.30. The van der Waals surface area contributed by atoms with E-state index >= 15 is 0 Å². The Kier molecular flexibility index (Phi) is 5.70. The van der Waals surface area contributed by atoms with Crippen molar-refractivity contribution in [3.8, 4) is 0 Å². The molecule has 1 aliphatic rings. The van der Waals surface area contributed by atoms with E-state index in [4.69, 9.17) is 16.3 Å². The molecule has 1 N–H and O–H groups in total. The van der Waals surface area contributed by atoms with Crippen LogP contribution >= 0.6 is 11.6 Å². The number of ether oxygens (including phenoxy) is 1. The normalized spacial score (nSPS) is 21.0. The van der Waals surface area contributed by atoms with Gasteiger partial charge in [0.2, 0.25) is 0 Å². The van der Waals surface area contributed by atoms with Gasteiger partial charge in [-0.05, 0) is 37.6 Å². The summed E-state index contributed by atoms with van der Waals surface area (Å²) in [6, 6.07) is 7.17. The van der Waals surface area contributed by atoms with E-state index in [1.54, 1.807) is 0 Å². The lowest BCUT2D eigenvalue weighted by atomic mass is 10.1. The Bertz CT molecular complexity index is 438. The van der Waals surface area contributed by atoms with Crippen LogP contribution in [0.15, 0.2) is 18.2 Å². The fourth-order valence-electron chi connectivity index (χ4n) is 2.79. The summed E-state index contributed by atoms with van der Waals surface area (Å²) in [6.45, 7) is 9.95. The Balaban J connectivity index is 2.19. The molecule has 1 aromatic carbocycles. The highest BCUT2D eigenvalue weighted by Crippen LogP contribution is 2.30. The number of morpholine rings is 1.